The lowest BCUT2D eigenvalue weighted by molar-refractivity contribution is 0.415. The molecule has 0 atom stereocenters. The second-order valence-corrected chi connectivity index (χ2v) is 4.55. The Morgan fingerprint density at radius 1 is 1.19 bits per heavy atom. The van der Waals surface area contributed by atoms with Crippen molar-refractivity contribution in [2.24, 2.45) is 5.73 Å². The smallest absolute Gasteiger partial charge is 0.119 e. The number of methoxy groups -OCH3 is 1. The predicted molar refractivity (Wildman–Crippen MR) is 65.6 cm³/mol. The van der Waals surface area contributed by atoms with Crippen LogP contribution in [-0.2, 0) is 5.54 Å². The highest BCUT2D eigenvalue weighted by atomic mass is 16.5. The molecule has 1 aliphatic carbocycles. The van der Waals surface area contributed by atoms with Gasteiger partial charge in [0.25, 0.3) is 0 Å². The summed E-state index contributed by atoms with van der Waals surface area (Å²) in [6, 6.07) is 12.5. The number of rotatable bonds is 2. The molecule has 2 N–H and O–H groups in total. The third-order valence-corrected chi connectivity index (χ3v) is 3.41. The highest BCUT2D eigenvalue weighted by molar-refractivity contribution is 5.88. The van der Waals surface area contributed by atoms with E-state index in [4.69, 9.17) is 10.5 Å². The molecule has 0 saturated heterocycles. The van der Waals surface area contributed by atoms with Crippen molar-refractivity contribution in [1.82, 2.24) is 0 Å². The first kappa shape index (κ1) is 9.67. The van der Waals surface area contributed by atoms with Gasteiger partial charge in [0.2, 0.25) is 0 Å². The van der Waals surface area contributed by atoms with Crippen LogP contribution in [0.4, 0.5) is 0 Å². The monoisotopic (exact) mass is 213 g/mol. The molecule has 1 fully saturated rings. The topological polar surface area (TPSA) is 35.2 Å². The molecule has 0 amide bonds. The summed E-state index contributed by atoms with van der Waals surface area (Å²) < 4.78 is 5.27. The predicted octanol–water partition coefficient (Wildman–Crippen LogP) is 2.80. The molecular weight excluding hydrogens is 198 g/mol. The second kappa shape index (κ2) is 3.22. The summed E-state index contributed by atoms with van der Waals surface area (Å²) in [5, 5.41) is 2.46. The number of hydrogen-bond donors (Lipinski definition) is 1. The molecule has 0 heterocycles. The molecule has 0 bridgehead atoms. The molecule has 1 saturated carbocycles. The van der Waals surface area contributed by atoms with Crippen LogP contribution >= 0.6 is 0 Å². The SMILES string of the molecule is COc1ccc2cccc(C3(N)CC3)c2c1. The van der Waals surface area contributed by atoms with Crippen molar-refractivity contribution in [3.63, 3.8) is 0 Å². The van der Waals surface area contributed by atoms with E-state index < -0.39 is 0 Å². The molecule has 0 spiro atoms. The highest BCUT2D eigenvalue weighted by Crippen LogP contribution is 2.45. The Morgan fingerprint density at radius 2 is 2.00 bits per heavy atom. The minimum atomic E-state index is -0.0914. The third kappa shape index (κ3) is 1.38. The Balaban J connectivity index is 2.27. The Morgan fingerprint density at radius 3 is 2.69 bits per heavy atom. The summed E-state index contributed by atoms with van der Waals surface area (Å²) in [5.41, 5.74) is 7.45. The van der Waals surface area contributed by atoms with Crippen molar-refractivity contribution in [2.75, 3.05) is 7.11 Å². The average molecular weight is 213 g/mol. The second-order valence-electron chi connectivity index (χ2n) is 4.55. The maximum absolute atomic E-state index is 6.28. The Bertz CT molecular complexity index is 543. The van der Waals surface area contributed by atoms with Gasteiger partial charge in [-0.3, -0.25) is 0 Å². The summed E-state index contributed by atoms with van der Waals surface area (Å²) in [7, 11) is 1.69. The van der Waals surface area contributed by atoms with E-state index in [-0.39, 0.29) is 5.54 Å². The van der Waals surface area contributed by atoms with Crippen LogP contribution < -0.4 is 10.5 Å². The van der Waals surface area contributed by atoms with E-state index in [1.165, 1.54) is 16.3 Å². The largest absolute Gasteiger partial charge is 0.497 e. The first-order valence-electron chi connectivity index (χ1n) is 5.59. The van der Waals surface area contributed by atoms with Crippen LogP contribution in [0.1, 0.15) is 18.4 Å². The van der Waals surface area contributed by atoms with E-state index in [1.807, 2.05) is 6.07 Å². The lowest BCUT2D eigenvalue weighted by Crippen LogP contribution is -2.18. The summed E-state index contributed by atoms with van der Waals surface area (Å²) >= 11 is 0. The quantitative estimate of drug-likeness (QED) is 0.832. The molecule has 2 nitrogen and oxygen atoms in total. The van der Waals surface area contributed by atoms with Gasteiger partial charge >= 0.3 is 0 Å². The summed E-state index contributed by atoms with van der Waals surface area (Å²) in [6.45, 7) is 0. The molecule has 82 valence electrons. The van der Waals surface area contributed by atoms with Gasteiger partial charge in [-0.2, -0.15) is 0 Å². The molecule has 1 aliphatic rings. The lowest BCUT2D eigenvalue weighted by Gasteiger charge is -2.13. The zero-order valence-corrected chi connectivity index (χ0v) is 9.36. The summed E-state index contributed by atoms with van der Waals surface area (Å²) in [5.74, 6) is 0.893. The normalized spacial score (nSPS) is 17.4. The number of nitrogens with two attached hydrogens (primary N) is 1. The standard InChI is InChI=1S/C14H15NO/c1-16-11-6-5-10-3-2-4-13(12(10)9-11)14(15)7-8-14/h2-6,9H,7-8,15H2,1H3. The van der Waals surface area contributed by atoms with Gasteiger partial charge in [-0.15, -0.1) is 0 Å². The number of ether oxygens (including phenoxy) is 1. The van der Waals surface area contributed by atoms with Crippen molar-refractivity contribution >= 4 is 10.8 Å². The van der Waals surface area contributed by atoms with Gasteiger partial charge in [-0.25, -0.2) is 0 Å². The van der Waals surface area contributed by atoms with Gasteiger partial charge in [0.1, 0.15) is 5.75 Å². The lowest BCUT2D eigenvalue weighted by atomic mass is 9.97. The molecule has 0 unspecified atom stereocenters. The van der Waals surface area contributed by atoms with Crippen LogP contribution in [0.5, 0.6) is 5.75 Å². The van der Waals surface area contributed by atoms with Crippen LogP contribution in [0, 0.1) is 0 Å². The van der Waals surface area contributed by atoms with Crippen molar-refractivity contribution in [1.29, 1.82) is 0 Å². The van der Waals surface area contributed by atoms with Crippen molar-refractivity contribution in [2.45, 2.75) is 18.4 Å². The van der Waals surface area contributed by atoms with Gasteiger partial charge in [-0.05, 0) is 41.3 Å². The van der Waals surface area contributed by atoms with Crippen molar-refractivity contribution in [3.05, 3.63) is 42.0 Å². The minimum Gasteiger partial charge on any atom is -0.497 e. The first-order chi connectivity index (χ1) is 7.73. The van der Waals surface area contributed by atoms with Gasteiger partial charge < -0.3 is 10.5 Å². The molecular formula is C14H15NO. The molecule has 3 rings (SSSR count). The maximum Gasteiger partial charge on any atom is 0.119 e. The Hall–Kier alpha value is -1.54. The van der Waals surface area contributed by atoms with Crippen LogP contribution in [0.15, 0.2) is 36.4 Å². The fraction of sp³-hybridized carbons (Fsp3) is 0.286. The van der Waals surface area contributed by atoms with Crippen LogP contribution in [0.2, 0.25) is 0 Å². The number of fused-ring (bicyclic) bond motifs is 1. The van der Waals surface area contributed by atoms with Gasteiger partial charge in [0, 0.05) is 5.54 Å². The zero-order valence-electron chi connectivity index (χ0n) is 9.36. The Kier molecular flexibility index (Phi) is 1.95. The Labute approximate surface area is 95.0 Å². The summed E-state index contributed by atoms with van der Waals surface area (Å²) in [6.07, 6.45) is 2.17. The van der Waals surface area contributed by atoms with Crippen LogP contribution in [-0.4, -0.2) is 7.11 Å². The van der Waals surface area contributed by atoms with E-state index in [9.17, 15) is 0 Å². The molecule has 2 aromatic carbocycles. The molecule has 0 aliphatic heterocycles. The van der Waals surface area contributed by atoms with Gasteiger partial charge in [-0.1, -0.05) is 24.3 Å². The first-order valence-corrected chi connectivity index (χ1v) is 5.59. The fourth-order valence-electron chi connectivity index (χ4n) is 2.22. The maximum atomic E-state index is 6.28. The van der Waals surface area contributed by atoms with E-state index >= 15 is 0 Å². The third-order valence-electron chi connectivity index (χ3n) is 3.41. The van der Waals surface area contributed by atoms with E-state index in [2.05, 4.69) is 30.3 Å². The molecule has 0 radical (unpaired) electrons. The minimum absolute atomic E-state index is 0.0914. The van der Waals surface area contributed by atoms with E-state index in [0.29, 0.717) is 0 Å². The summed E-state index contributed by atoms with van der Waals surface area (Å²) in [4.78, 5) is 0. The average Bonchev–Trinajstić information content (AvgIpc) is 3.07. The van der Waals surface area contributed by atoms with E-state index in [0.717, 1.165) is 18.6 Å². The van der Waals surface area contributed by atoms with Crippen molar-refractivity contribution in [3.8, 4) is 5.75 Å². The molecule has 2 aromatic rings. The van der Waals surface area contributed by atoms with E-state index in [1.54, 1.807) is 7.11 Å². The van der Waals surface area contributed by atoms with Gasteiger partial charge in [0.15, 0.2) is 0 Å². The highest BCUT2D eigenvalue weighted by Gasteiger charge is 2.40. The fourth-order valence-corrected chi connectivity index (χ4v) is 2.22. The number of hydrogen-bond acceptors (Lipinski definition) is 2. The van der Waals surface area contributed by atoms with Crippen LogP contribution in [0.25, 0.3) is 10.8 Å². The number of benzene rings is 2. The van der Waals surface area contributed by atoms with Crippen LogP contribution in [0.3, 0.4) is 0 Å². The molecule has 0 aromatic heterocycles. The zero-order chi connectivity index (χ0) is 11.2. The molecule has 16 heavy (non-hydrogen) atoms. The van der Waals surface area contributed by atoms with Crippen molar-refractivity contribution < 1.29 is 4.74 Å². The molecule has 2 heteroatoms. The van der Waals surface area contributed by atoms with Gasteiger partial charge in [0.05, 0.1) is 7.11 Å².